The Bertz CT molecular complexity index is 76.4. The third-order valence-electron chi connectivity index (χ3n) is 0.602. The second-order valence-electron chi connectivity index (χ2n) is 1.24. The molecule has 0 bridgehead atoms. The Hall–Kier alpha value is -0.640. The highest BCUT2D eigenvalue weighted by molar-refractivity contribution is 5.77. The monoisotopic (exact) mass is 120 g/mol. The van der Waals surface area contributed by atoms with Gasteiger partial charge in [-0.15, -0.1) is 0 Å². The number of carbonyl (C=O) groups excluding carboxylic acids is 1. The van der Waals surface area contributed by atoms with Crippen molar-refractivity contribution in [3.05, 3.63) is 0 Å². The van der Waals surface area contributed by atoms with Gasteiger partial charge in [-0.25, -0.2) is 4.39 Å². The minimum Gasteiger partial charge on any atom is -0.352 e. The summed E-state index contributed by atoms with van der Waals surface area (Å²) < 4.78 is 11.2. The molecule has 0 spiro atoms. The van der Waals surface area contributed by atoms with Crippen LogP contribution in [0.3, 0.4) is 0 Å². The van der Waals surface area contributed by atoms with Crippen LogP contribution >= 0.6 is 0 Å². The van der Waals surface area contributed by atoms with Crippen LogP contribution in [0.15, 0.2) is 0 Å². The number of amides is 1. The Morgan fingerprint density at radius 3 is 2.75 bits per heavy atom. The zero-order valence-electron chi connectivity index (χ0n) is 4.48. The molecule has 0 atom stereocenters. The summed E-state index contributed by atoms with van der Waals surface area (Å²) >= 11 is 0. The maximum atomic E-state index is 11.2. The summed E-state index contributed by atoms with van der Waals surface area (Å²) in [6.45, 7) is -0.540. The van der Waals surface area contributed by atoms with Crippen molar-refractivity contribution in [3.63, 3.8) is 0 Å². The van der Waals surface area contributed by atoms with Crippen molar-refractivity contribution < 1.29 is 9.18 Å². The average Bonchev–Trinajstić information content (AvgIpc) is 1.83. The molecule has 0 unspecified atom stereocenters. The van der Waals surface area contributed by atoms with Crippen LogP contribution < -0.4 is 11.1 Å². The lowest BCUT2D eigenvalue weighted by molar-refractivity contribution is -0.119. The fourth-order valence-corrected chi connectivity index (χ4v) is 0.259. The molecule has 0 aliphatic rings. The molecular formula is C4H9FN2O. The Kier molecular flexibility index (Phi) is 4.16. The van der Waals surface area contributed by atoms with Crippen molar-refractivity contribution in [1.82, 2.24) is 5.32 Å². The fourth-order valence-electron chi connectivity index (χ4n) is 0.259. The normalized spacial score (nSPS) is 8.75. The first-order valence-electron chi connectivity index (χ1n) is 2.34. The van der Waals surface area contributed by atoms with Crippen LogP contribution in [0.4, 0.5) is 4.39 Å². The summed E-state index contributed by atoms with van der Waals surface area (Å²) in [6.07, 6.45) is 0. The van der Waals surface area contributed by atoms with Crippen molar-refractivity contribution in [2.24, 2.45) is 5.73 Å². The number of carbonyl (C=O) groups is 1. The van der Waals surface area contributed by atoms with Crippen LogP contribution in [0.5, 0.6) is 0 Å². The molecule has 0 heterocycles. The van der Waals surface area contributed by atoms with E-state index >= 15 is 0 Å². The second-order valence-corrected chi connectivity index (χ2v) is 1.24. The van der Waals surface area contributed by atoms with Gasteiger partial charge in [-0.05, 0) is 0 Å². The molecule has 8 heavy (non-hydrogen) atoms. The summed E-state index contributed by atoms with van der Waals surface area (Å²) in [5.74, 6) is -0.317. The number of alkyl halides is 1. The van der Waals surface area contributed by atoms with Crippen LogP contribution in [-0.2, 0) is 4.79 Å². The number of hydrogen-bond donors (Lipinski definition) is 2. The Morgan fingerprint density at radius 1 is 1.75 bits per heavy atom. The molecule has 3 N–H and O–H groups in total. The standard InChI is InChI=1S/C4H9FN2O/c5-1-2-7-4(8)3-6/h1-3,6H2,(H,7,8). The van der Waals surface area contributed by atoms with Gasteiger partial charge in [0.25, 0.3) is 0 Å². The number of nitrogens with one attached hydrogen (secondary N) is 1. The van der Waals surface area contributed by atoms with Gasteiger partial charge in [0.1, 0.15) is 6.67 Å². The first-order chi connectivity index (χ1) is 3.81. The zero-order chi connectivity index (χ0) is 6.41. The molecule has 0 radical (unpaired) electrons. The van der Waals surface area contributed by atoms with Gasteiger partial charge in [0, 0.05) is 6.54 Å². The van der Waals surface area contributed by atoms with Crippen LogP contribution in [0.25, 0.3) is 0 Å². The smallest absolute Gasteiger partial charge is 0.233 e. The van der Waals surface area contributed by atoms with E-state index in [1.165, 1.54) is 0 Å². The van der Waals surface area contributed by atoms with Crippen molar-refractivity contribution in [3.8, 4) is 0 Å². The third kappa shape index (κ3) is 3.55. The molecule has 0 aromatic heterocycles. The molecule has 1 amide bonds. The minimum absolute atomic E-state index is 0.0655. The molecule has 0 aliphatic heterocycles. The molecule has 0 aromatic rings. The van der Waals surface area contributed by atoms with E-state index in [2.05, 4.69) is 5.32 Å². The van der Waals surface area contributed by atoms with E-state index < -0.39 is 6.67 Å². The highest BCUT2D eigenvalue weighted by Crippen LogP contribution is 1.62. The molecule has 4 heteroatoms. The Balaban J connectivity index is 2.99. The summed E-state index contributed by atoms with van der Waals surface area (Å²) in [5.41, 5.74) is 4.88. The molecule has 0 aromatic carbocycles. The first-order valence-corrected chi connectivity index (χ1v) is 2.34. The maximum absolute atomic E-state index is 11.2. The Labute approximate surface area is 47.1 Å². The highest BCUT2D eigenvalue weighted by Gasteiger charge is 1.91. The molecule has 0 saturated carbocycles. The Morgan fingerprint density at radius 2 is 2.38 bits per heavy atom. The number of hydrogen-bond acceptors (Lipinski definition) is 2. The van der Waals surface area contributed by atoms with Crippen LogP contribution in [-0.4, -0.2) is 25.7 Å². The number of rotatable bonds is 3. The van der Waals surface area contributed by atoms with E-state index in [-0.39, 0.29) is 19.0 Å². The van der Waals surface area contributed by atoms with Crippen molar-refractivity contribution in [2.75, 3.05) is 19.8 Å². The van der Waals surface area contributed by atoms with Gasteiger partial charge in [-0.2, -0.15) is 0 Å². The lowest BCUT2D eigenvalue weighted by Gasteiger charge is -1.95. The van der Waals surface area contributed by atoms with E-state index in [0.29, 0.717) is 0 Å². The molecule has 0 saturated heterocycles. The fraction of sp³-hybridized carbons (Fsp3) is 0.750. The molecule has 0 fully saturated rings. The third-order valence-corrected chi connectivity index (χ3v) is 0.602. The van der Waals surface area contributed by atoms with E-state index in [1.807, 2.05) is 0 Å². The lowest BCUT2D eigenvalue weighted by Crippen LogP contribution is -2.31. The molecule has 0 aliphatic carbocycles. The first kappa shape index (κ1) is 7.36. The molecular weight excluding hydrogens is 111 g/mol. The maximum Gasteiger partial charge on any atom is 0.233 e. The summed E-state index contributed by atoms with van der Waals surface area (Å²) in [6, 6.07) is 0. The summed E-state index contributed by atoms with van der Waals surface area (Å²) in [5, 5.41) is 2.24. The number of nitrogens with two attached hydrogens (primary N) is 1. The summed E-state index contributed by atoms with van der Waals surface area (Å²) in [7, 11) is 0. The van der Waals surface area contributed by atoms with Gasteiger partial charge in [-0.1, -0.05) is 0 Å². The minimum atomic E-state index is -0.536. The van der Waals surface area contributed by atoms with Crippen LogP contribution in [0.1, 0.15) is 0 Å². The van der Waals surface area contributed by atoms with E-state index in [1.54, 1.807) is 0 Å². The second kappa shape index (κ2) is 4.52. The predicted octanol–water partition coefficient (Wildman–Crippen LogP) is -0.969. The van der Waals surface area contributed by atoms with E-state index in [0.717, 1.165) is 0 Å². The quantitative estimate of drug-likeness (QED) is 0.503. The number of halogens is 1. The predicted molar refractivity (Wildman–Crippen MR) is 28.0 cm³/mol. The van der Waals surface area contributed by atoms with Gasteiger partial charge in [0.15, 0.2) is 0 Å². The van der Waals surface area contributed by atoms with Crippen molar-refractivity contribution in [1.29, 1.82) is 0 Å². The molecule has 3 nitrogen and oxygen atoms in total. The van der Waals surface area contributed by atoms with Gasteiger partial charge in [0.05, 0.1) is 6.54 Å². The molecule has 0 rings (SSSR count). The highest BCUT2D eigenvalue weighted by atomic mass is 19.1. The van der Waals surface area contributed by atoms with Crippen LogP contribution in [0.2, 0.25) is 0 Å². The van der Waals surface area contributed by atoms with E-state index in [4.69, 9.17) is 5.73 Å². The largest absolute Gasteiger partial charge is 0.352 e. The van der Waals surface area contributed by atoms with Gasteiger partial charge >= 0.3 is 0 Å². The van der Waals surface area contributed by atoms with Gasteiger partial charge in [-0.3, -0.25) is 4.79 Å². The van der Waals surface area contributed by atoms with Crippen molar-refractivity contribution in [2.45, 2.75) is 0 Å². The SMILES string of the molecule is NCC(=O)NCCF. The lowest BCUT2D eigenvalue weighted by atomic mass is 10.6. The van der Waals surface area contributed by atoms with Gasteiger partial charge < -0.3 is 11.1 Å². The van der Waals surface area contributed by atoms with Crippen molar-refractivity contribution >= 4 is 5.91 Å². The van der Waals surface area contributed by atoms with E-state index in [9.17, 15) is 9.18 Å². The average molecular weight is 120 g/mol. The summed E-state index contributed by atoms with van der Waals surface area (Å²) in [4.78, 5) is 10.2. The van der Waals surface area contributed by atoms with Gasteiger partial charge in [0.2, 0.25) is 5.91 Å². The zero-order valence-corrected chi connectivity index (χ0v) is 4.48. The molecule has 48 valence electrons. The van der Waals surface area contributed by atoms with Crippen LogP contribution in [0, 0.1) is 0 Å². The topological polar surface area (TPSA) is 55.1 Å².